The van der Waals surface area contributed by atoms with Crippen LogP contribution >= 0.6 is 0 Å². The topological polar surface area (TPSA) is 175 Å². The Kier molecular flexibility index (Phi) is 10.8. The quantitative estimate of drug-likeness (QED) is 0.223. The van der Waals surface area contributed by atoms with E-state index in [1.54, 1.807) is 54.6 Å². The smallest absolute Gasteiger partial charge is 0.419 e. The molecule has 0 fully saturated rings. The molecule has 0 aliphatic carbocycles. The molecule has 2 amide bonds. The Labute approximate surface area is 229 Å². The van der Waals surface area contributed by atoms with Crippen molar-refractivity contribution in [3.8, 4) is 0 Å². The molecule has 210 valence electrons. The van der Waals surface area contributed by atoms with Crippen molar-refractivity contribution < 1.29 is 43.3 Å². The number of aromatic nitrogens is 2. The van der Waals surface area contributed by atoms with Crippen LogP contribution in [0.15, 0.2) is 73.2 Å². The SMILES string of the molecule is COC(=O)C[C@@H](NC(=O)[C@H](Cc1cncn1C(=O)OCc1ccccc1)NC(=O)OCc1ccccc1)C(=O)O. The van der Waals surface area contributed by atoms with Gasteiger partial charge >= 0.3 is 24.1 Å². The first kappa shape index (κ1) is 29.4. The second kappa shape index (κ2) is 14.7. The van der Waals surface area contributed by atoms with E-state index in [9.17, 15) is 29.1 Å². The summed E-state index contributed by atoms with van der Waals surface area (Å²) >= 11 is 0. The standard InChI is InChI=1S/C27H28N4O9/c1-38-23(32)13-22(25(34)35)29-24(33)21(30-26(36)39-15-18-8-4-2-5-9-18)12-20-14-28-17-31(20)27(37)40-16-19-10-6-3-7-11-19/h2-11,14,17,21-22H,12-13,15-16H2,1H3,(H,29,33)(H,30,36)(H,34,35)/t21-,22+/m0/s1. The van der Waals surface area contributed by atoms with Gasteiger partial charge in [-0.25, -0.2) is 23.9 Å². The molecule has 3 N–H and O–H groups in total. The number of imidazole rings is 1. The van der Waals surface area contributed by atoms with Gasteiger partial charge in [0.25, 0.3) is 0 Å². The third-order valence-corrected chi connectivity index (χ3v) is 5.56. The Morgan fingerprint density at radius 2 is 1.48 bits per heavy atom. The zero-order valence-electron chi connectivity index (χ0n) is 21.5. The van der Waals surface area contributed by atoms with Gasteiger partial charge in [-0.05, 0) is 11.1 Å². The van der Waals surface area contributed by atoms with Gasteiger partial charge in [0, 0.05) is 12.6 Å². The van der Waals surface area contributed by atoms with E-state index in [1.165, 1.54) is 12.5 Å². The molecule has 1 aromatic heterocycles. The zero-order chi connectivity index (χ0) is 28.9. The summed E-state index contributed by atoms with van der Waals surface area (Å²) in [4.78, 5) is 65.6. The van der Waals surface area contributed by atoms with Gasteiger partial charge in [-0.2, -0.15) is 0 Å². The number of nitrogens with one attached hydrogen (secondary N) is 2. The Hall–Kier alpha value is -5.20. The molecule has 1 heterocycles. The van der Waals surface area contributed by atoms with Crippen molar-refractivity contribution in [2.24, 2.45) is 0 Å². The number of methoxy groups -OCH3 is 1. The summed E-state index contributed by atoms with van der Waals surface area (Å²) in [6.45, 7) is -0.107. The fourth-order valence-electron chi connectivity index (χ4n) is 3.47. The lowest BCUT2D eigenvalue weighted by Crippen LogP contribution is -2.53. The Balaban J connectivity index is 1.74. The minimum atomic E-state index is -1.63. The Bertz CT molecular complexity index is 1310. The number of nitrogens with zero attached hydrogens (tertiary/aromatic N) is 2. The normalized spacial score (nSPS) is 11.9. The van der Waals surface area contributed by atoms with Crippen LogP contribution in [0.3, 0.4) is 0 Å². The van der Waals surface area contributed by atoms with E-state index in [1.807, 2.05) is 6.07 Å². The molecule has 0 saturated carbocycles. The number of rotatable bonds is 12. The summed E-state index contributed by atoms with van der Waals surface area (Å²) in [6.07, 6.45) is -0.214. The largest absolute Gasteiger partial charge is 0.480 e. The van der Waals surface area contributed by atoms with Gasteiger partial charge in [-0.1, -0.05) is 60.7 Å². The maximum Gasteiger partial charge on any atom is 0.419 e. The monoisotopic (exact) mass is 552 g/mol. The van der Waals surface area contributed by atoms with Crippen molar-refractivity contribution in [2.45, 2.75) is 38.1 Å². The Morgan fingerprint density at radius 1 is 0.875 bits per heavy atom. The molecule has 0 bridgehead atoms. The van der Waals surface area contributed by atoms with Crippen LogP contribution in [0.2, 0.25) is 0 Å². The maximum atomic E-state index is 13.1. The lowest BCUT2D eigenvalue weighted by molar-refractivity contribution is -0.148. The van der Waals surface area contributed by atoms with E-state index in [2.05, 4.69) is 20.4 Å². The number of hydrogen-bond acceptors (Lipinski definition) is 9. The predicted octanol–water partition coefficient (Wildman–Crippen LogP) is 2.04. The molecule has 0 radical (unpaired) electrons. The Morgan fingerprint density at radius 3 is 2.05 bits per heavy atom. The van der Waals surface area contributed by atoms with Gasteiger partial charge in [-0.3, -0.25) is 9.59 Å². The molecule has 40 heavy (non-hydrogen) atoms. The van der Waals surface area contributed by atoms with E-state index in [-0.39, 0.29) is 25.3 Å². The van der Waals surface area contributed by atoms with Crippen LogP contribution in [0.4, 0.5) is 9.59 Å². The van der Waals surface area contributed by atoms with Crippen LogP contribution in [-0.4, -0.2) is 63.9 Å². The highest BCUT2D eigenvalue weighted by Gasteiger charge is 2.30. The molecule has 3 aromatic rings. The van der Waals surface area contributed by atoms with Crippen LogP contribution in [0.1, 0.15) is 23.2 Å². The summed E-state index contributed by atoms with van der Waals surface area (Å²) in [5.74, 6) is -3.30. The maximum absolute atomic E-state index is 13.1. The first-order valence-corrected chi connectivity index (χ1v) is 12.1. The predicted molar refractivity (Wildman–Crippen MR) is 138 cm³/mol. The highest BCUT2D eigenvalue weighted by molar-refractivity contribution is 5.91. The number of hydrogen-bond donors (Lipinski definition) is 3. The molecular weight excluding hydrogens is 524 g/mol. The van der Waals surface area contributed by atoms with Crippen molar-refractivity contribution in [3.63, 3.8) is 0 Å². The lowest BCUT2D eigenvalue weighted by atomic mass is 10.1. The van der Waals surface area contributed by atoms with Gasteiger partial charge in [0.05, 0.1) is 19.2 Å². The van der Waals surface area contributed by atoms with Gasteiger partial charge < -0.3 is 30.0 Å². The van der Waals surface area contributed by atoms with E-state index in [4.69, 9.17) is 9.47 Å². The number of carbonyl (C=O) groups is 5. The number of alkyl carbamates (subject to hydrolysis) is 1. The van der Waals surface area contributed by atoms with Crippen LogP contribution < -0.4 is 10.6 Å². The number of carboxylic acid groups (broad SMARTS) is 1. The molecule has 13 nitrogen and oxygen atoms in total. The third kappa shape index (κ3) is 8.97. The summed E-state index contributed by atoms with van der Waals surface area (Å²) in [5, 5.41) is 14.1. The number of aliphatic carboxylic acids is 1. The molecule has 2 atom stereocenters. The molecule has 0 aliphatic heterocycles. The number of esters is 1. The van der Waals surface area contributed by atoms with Gasteiger partial charge in [0.1, 0.15) is 31.6 Å². The highest BCUT2D eigenvalue weighted by Crippen LogP contribution is 2.09. The summed E-state index contributed by atoms with van der Waals surface area (Å²) in [7, 11) is 1.08. The van der Waals surface area contributed by atoms with Gasteiger partial charge in [0.15, 0.2) is 0 Å². The number of benzene rings is 2. The first-order chi connectivity index (χ1) is 19.3. The van der Waals surface area contributed by atoms with Crippen LogP contribution in [0.5, 0.6) is 0 Å². The molecule has 0 saturated heterocycles. The number of carbonyl (C=O) groups excluding carboxylic acids is 4. The summed E-state index contributed by atoms with van der Waals surface area (Å²) < 4.78 is 16.1. The summed E-state index contributed by atoms with van der Waals surface area (Å²) in [6, 6.07) is 14.7. The average Bonchev–Trinajstić information content (AvgIpc) is 3.43. The fraction of sp³-hybridized carbons (Fsp3) is 0.259. The van der Waals surface area contributed by atoms with Crippen LogP contribution in [0.25, 0.3) is 0 Å². The zero-order valence-corrected chi connectivity index (χ0v) is 21.5. The van der Waals surface area contributed by atoms with Crippen molar-refractivity contribution in [3.05, 3.63) is 90.0 Å². The minimum Gasteiger partial charge on any atom is -0.480 e. The molecule has 2 aromatic carbocycles. The van der Waals surface area contributed by atoms with E-state index >= 15 is 0 Å². The van der Waals surface area contributed by atoms with Crippen LogP contribution in [-0.2, 0) is 48.2 Å². The molecule has 3 rings (SSSR count). The first-order valence-electron chi connectivity index (χ1n) is 12.1. The average molecular weight is 553 g/mol. The van der Waals surface area contributed by atoms with Crippen molar-refractivity contribution in [1.29, 1.82) is 0 Å². The van der Waals surface area contributed by atoms with Gasteiger partial charge in [0.2, 0.25) is 5.91 Å². The van der Waals surface area contributed by atoms with E-state index in [0.29, 0.717) is 5.56 Å². The molecule has 0 aliphatic rings. The number of ether oxygens (including phenoxy) is 3. The van der Waals surface area contributed by atoms with Crippen LogP contribution in [0, 0.1) is 0 Å². The number of carboxylic acids is 1. The van der Waals surface area contributed by atoms with E-state index < -0.39 is 48.5 Å². The van der Waals surface area contributed by atoms with Gasteiger partial charge in [-0.15, -0.1) is 0 Å². The summed E-state index contributed by atoms with van der Waals surface area (Å²) in [5.41, 5.74) is 1.63. The minimum absolute atomic E-state index is 0.0148. The molecule has 0 unspecified atom stereocenters. The third-order valence-electron chi connectivity index (χ3n) is 5.56. The van der Waals surface area contributed by atoms with Crippen molar-refractivity contribution in [2.75, 3.05) is 7.11 Å². The number of amides is 2. The fourth-order valence-corrected chi connectivity index (χ4v) is 3.47. The molecule has 13 heteroatoms. The molecular formula is C27H28N4O9. The van der Waals surface area contributed by atoms with E-state index in [0.717, 1.165) is 17.2 Å². The van der Waals surface area contributed by atoms with Crippen molar-refractivity contribution >= 4 is 30.0 Å². The molecule has 0 spiro atoms. The second-order valence-electron chi connectivity index (χ2n) is 8.44. The second-order valence-corrected chi connectivity index (χ2v) is 8.44. The van der Waals surface area contributed by atoms with Crippen molar-refractivity contribution in [1.82, 2.24) is 20.2 Å². The lowest BCUT2D eigenvalue weighted by Gasteiger charge is -2.21. The highest BCUT2D eigenvalue weighted by atomic mass is 16.6.